The van der Waals surface area contributed by atoms with Crippen molar-refractivity contribution in [2.75, 3.05) is 18.0 Å². The summed E-state index contributed by atoms with van der Waals surface area (Å²) in [6.45, 7) is 4.88. The van der Waals surface area contributed by atoms with Gasteiger partial charge < -0.3 is 14.8 Å². The molecule has 5 nitrogen and oxygen atoms in total. The number of nitrogens with zero attached hydrogens (tertiary/aromatic N) is 3. The summed E-state index contributed by atoms with van der Waals surface area (Å²) in [4.78, 5) is 20.7. The normalized spacial score (nSPS) is 14.5. The maximum absolute atomic E-state index is 13.4. The Labute approximate surface area is 207 Å². The fourth-order valence-corrected chi connectivity index (χ4v) is 5.09. The molecule has 5 rings (SSSR count). The van der Waals surface area contributed by atoms with Crippen LogP contribution in [0.2, 0.25) is 0 Å². The van der Waals surface area contributed by atoms with Crippen LogP contribution < -0.4 is 10.2 Å². The molecule has 1 amide bonds. The van der Waals surface area contributed by atoms with Crippen LogP contribution in [0.4, 0.5) is 5.95 Å². The van der Waals surface area contributed by atoms with E-state index in [1.165, 1.54) is 5.52 Å². The highest BCUT2D eigenvalue weighted by Gasteiger charge is 2.29. The molecule has 3 aromatic carbocycles. The van der Waals surface area contributed by atoms with E-state index in [1.54, 1.807) is 0 Å². The molecule has 1 N–H and O–H groups in total. The van der Waals surface area contributed by atoms with Crippen LogP contribution in [0.25, 0.3) is 11.0 Å². The number of hydrogen-bond donors (Lipinski definition) is 1. The predicted molar refractivity (Wildman–Crippen MR) is 142 cm³/mol. The summed E-state index contributed by atoms with van der Waals surface area (Å²) >= 11 is 0. The first-order valence-electron chi connectivity index (χ1n) is 12.8. The molecular weight excluding hydrogens is 432 g/mol. The van der Waals surface area contributed by atoms with Crippen LogP contribution in [0, 0.1) is 5.92 Å². The molecule has 180 valence electrons. The lowest BCUT2D eigenvalue weighted by molar-refractivity contribution is -0.126. The number of aryl methyl sites for hydroxylation is 1. The molecule has 0 spiro atoms. The van der Waals surface area contributed by atoms with Crippen molar-refractivity contribution in [3.8, 4) is 0 Å². The standard InChI is InChI=1S/C30H34N4O/c1-2-3-20-34-27-17-11-10-16-26(27)31-30(34)33-21-18-25(19-22-33)29(35)32-28(23-12-6-4-7-13-23)24-14-8-5-9-15-24/h4-17,25,28H,2-3,18-22H2,1H3,(H,32,35). The predicted octanol–water partition coefficient (Wildman–Crippen LogP) is 5.96. The Bertz CT molecular complexity index is 1200. The SMILES string of the molecule is CCCCn1c(N2CCC(C(=O)NC(c3ccccc3)c3ccccc3)CC2)nc2ccccc21. The second-order valence-electron chi connectivity index (χ2n) is 9.43. The highest BCUT2D eigenvalue weighted by Crippen LogP contribution is 2.29. The minimum absolute atomic E-state index is 0.00893. The fraction of sp³-hybridized carbons (Fsp3) is 0.333. The Kier molecular flexibility index (Phi) is 7.12. The summed E-state index contributed by atoms with van der Waals surface area (Å²) in [5.41, 5.74) is 4.46. The zero-order valence-electron chi connectivity index (χ0n) is 20.4. The Balaban J connectivity index is 1.29. The van der Waals surface area contributed by atoms with E-state index in [2.05, 4.69) is 70.2 Å². The maximum atomic E-state index is 13.4. The van der Waals surface area contributed by atoms with Gasteiger partial charge in [-0.05, 0) is 42.5 Å². The van der Waals surface area contributed by atoms with Gasteiger partial charge in [-0.1, -0.05) is 86.1 Å². The lowest BCUT2D eigenvalue weighted by Crippen LogP contribution is -2.42. The Morgan fingerprint density at radius 3 is 2.14 bits per heavy atom. The van der Waals surface area contributed by atoms with Crippen LogP contribution in [0.1, 0.15) is 49.8 Å². The van der Waals surface area contributed by atoms with Crippen molar-refractivity contribution in [3.63, 3.8) is 0 Å². The van der Waals surface area contributed by atoms with Gasteiger partial charge in [0.25, 0.3) is 0 Å². The van der Waals surface area contributed by atoms with E-state index in [-0.39, 0.29) is 17.9 Å². The molecule has 5 heteroatoms. The van der Waals surface area contributed by atoms with E-state index >= 15 is 0 Å². The van der Waals surface area contributed by atoms with Crippen LogP contribution in [-0.2, 0) is 11.3 Å². The minimum atomic E-state index is -0.138. The third kappa shape index (κ3) is 5.09. The smallest absolute Gasteiger partial charge is 0.223 e. The van der Waals surface area contributed by atoms with Crippen LogP contribution >= 0.6 is 0 Å². The number of amides is 1. The van der Waals surface area contributed by atoms with Crippen LogP contribution in [0.3, 0.4) is 0 Å². The molecule has 1 aliphatic rings. The highest BCUT2D eigenvalue weighted by atomic mass is 16.2. The van der Waals surface area contributed by atoms with Gasteiger partial charge >= 0.3 is 0 Å². The molecule has 35 heavy (non-hydrogen) atoms. The number of carbonyl (C=O) groups excluding carboxylic acids is 1. The first-order valence-corrected chi connectivity index (χ1v) is 12.8. The third-order valence-electron chi connectivity index (χ3n) is 7.07. The summed E-state index contributed by atoms with van der Waals surface area (Å²) < 4.78 is 2.36. The molecule has 1 aliphatic heterocycles. The Morgan fingerprint density at radius 2 is 1.51 bits per heavy atom. The number of para-hydroxylation sites is 2. The molecule has 1 fully saturated rings. The van der Waals surface area contributed by atoms with Crippen LogP contribution in [0.5, 0.6) is 0 Å². The monoisotopic (exact) mass is 466 g/mol. The average Bonchev–Trinajstić information content (AvgIpc) is 3.30. The van der Waals surface area contributed by atoms with Gasteiger partial charge in [-0.2, -0.15) is 0 Å². The molecule has 0 aliphatic carbocycles. The number of nitrogens with one attached hydrogen (secondary N) is 1. The summed E-state index contributed by atoms with van der Waals surface area (Å²) in [7, 11) is 0. The van der Waals surface area contributed by atoms with Crippen LogP contribution in [0.15, 0.2) is 84.9 Å². The topological polar surface area (TPSA) is 50.2 Å². The van der Waals surface area contributed by atoms with Crippen LogP contribution in [-0.4, -0.2) is 28.5 Å². The van der Waals surface area contributed by atoms with Gasteiger partial charge in [0.15, 0.2) is 0 Å². The van der Waals surface area contributed by atoms with Gasteiger partial charge in [-0.3, -0.25) is 4.79 Å². The van der Waals surface area contributed by atoms with Crippen molar-refractivity contribution in [2.45, 2.75) is 45.2 Å². The molecule has 0 radical (unpaired) electrons. The summed E-state index contributed by atoms with van der Waals surface area (Å²) in [6.07, 6.45) is 3.95. The minimum Gasteiger partial charge on any atom is -0.345 e. The van der Waals surface area contributed by atoms with Gasteiger partial charge in [0.1, 0.15) is 0 Å². The third-order valence-corrected chi connectivity index (χ3v) is 7.07. The average molecular weight is 467 g/mol. The number of piperidine rings is 1. The van der Waals surface area contributed by atoms with Gasteiger partial charge in [0, 0.05) is 25.6 Å². The van der Waals surface area contributed by atoms with Gasteiger partial charge in [0.05, 0.1) is 17.1 Å². The first kappa shape index (κ1) is 23.2. The second-order valence-corrected chi connectivity index (χ2v) is 9.43. The second kappa shape index (κ2) is 10.8. The number of imidazole rings is 1. The molecule has 1 aromatic heterocycles. The van der Waals surface area contributed by atoms with E-state index in [1.807, 2.05) is 36.4 Å². The number of unbranched alkanes of at least 4 members (excludes halogenated alkanes) is 1. The van der Waals surface area contributed by atoms with E-state index in [4.69, 9.17) is 4.98 Å². The molecule has 0 bridgehead atoms. The molecule has 1 saturated heterocycles. The zero-order chi connectivity index (χ0) is 24.0. The number of aromatic nitrogens is 2. The number of benzene rings is 3. The first-order chi connectivity index (χ1) is 17.2. The molecule has 0 atom stereocenters. The largest absolute Gasteiger partial charge is 0.345 e. The Morgan fingerprint density at radius 1 is 0.914 bits per heavy atom. The number of anilines is 1. The number of rotatable bonds is 8. The van der Waals surface area contributed by atoms with Crippen molar-refractivity contribution in [2.24, 2.45) is 5.92 Å². The number of hydrogen-bond acceptors (Lipinski definition) is 3. The Hall–Kier alpha value is -3.60. The van der Waals surface area contributed by atoms with Crippen molar-refractivity contribution in [1.82, 2.24) is 14.9 Å². The molecule has 4 aromatic rings. The van der Waals surface area contributed by atoms with Crippen molar-refractivity contribution < 1.29 is 4.79 Å². The number of carbonyl (C=O) groups is 1. The zero-order valence-corrected chi connectivity index (χ0v) is 20.4. The fourth-order valence-electron chi connectivity index (χ4n) is 5.09. The molecule has 2 heterocycles. The van der Waals surface area contributed by atoms with Crippen molar-refractivity contribution in [3.05, 3.63) is 96.1 Å². The molecular formula is C30H34N4O. The quantitative estimate of drug-likeness (QED) is 0.349. The van der Waals surface area contributed by atoms with E-state index in [0.29, 0.717) is 0 Å². The van der Waals surface area contributed by atoms with Gasteiger partial charge in [-0.15, -0.1) is 0 Å². The molecule has 0 saturated carbocycles. The lowest BCUT2D eigenvalue weighted by atomic mass is 9.93. The van der Waals surface area contributed by atoms with Crippen molar-refractivity contribution in [1.29, 1.82) is 0 Å². The summed E-state index contributed by atoms with van der Waals surface area (Å²) in [5.74, 6) is 1.20. The van der Waals surface area contributed by atoms with E-state index in [9.17, 15) is 4.79 Å². The summed E-state index contributed by atoms with van der Waals surface area (Å²) in [5, 5.41) is 3.36. The maximum Gasteiger partial charge on any atom is 0.223 e. The molecule has 0 unspecified atom stereocenters. The highest BCUT2D eigenvalue weighted by molar-refractivity contribution is 5.81. The van der Waals surface area contributed by atoms with Gasteiger partial charge in [-0.25, -0.2) is 4.98 Å². The summed E-state index contributed by atoms with van der Waals surface area (Å²) in [6, 6.07) is 28.7. The van der Waals surface area contributed by atoms with E-state index in [0.717, 1.165) is 67.9 Å². The van der Waals surface area contributed by atoms with E-state index < -0.39 is 0 Å². The number of fused-ring (bicyclic) bond motifs is 1. The van der Waals surface area contributed by atoms with Crippen molar-refractivity contribution >= 4 is 22.9 Å². The van der Waals surface area contributed by atoms with Gasteiger partial charge in [0.2, 0.25) is 11.9 Å². The lowest BCUT2D eigenvalue weighted by Gasteiger charge is -2.33.